The van der Waals surface area contributed by atoms with Gasteiger partial charge in [0.15, 0.2) is 0 Å². The van der Waals surface area contributed by atoms with Gasteiger partial charge in [-0.1, -0.05) is 37.3 Å². The van der Waals surface area contributed by atoms with Gasteiger partial charge in [-0.3, -0.25) is 0 Å². The highest BCUT2D eigenvalue weighted by Gasteiger charge is 2.26. The molecule has 0 aliphatic carbocycles. The summed E-state index contributed by atoms with van der Waals surface area (Å²) in [5.74, 6) is 0.983. The van der Waals surface area contributed by atoms with E-state index in [1.165, 1.54) is 5.56 Å². The van der Waals surface area contributed by atoms with Gasteiger partial charge in [0.05, 0.1) is 6.26 Å². The van der Waals surface area contributed by atoms with E-state index in [1.54, 1.807) is 6.26 Å². The van der Waals surface area contributed by atoms with Crippen molar-refractivity contribution in [2.45, 2.75) is 18.8 Å². The molecule has 2 N–H and O–H groups in total. The SMILES string of the molecule is CC(CN)(Cc1ccco1)c1ccccc1. The molecule has 0 fully saturated rings. The second kappa shape index (κ2) is 4.54. The van der Waals surface area contributed by atoms with E-state index in [1.807, 2.05) is 30.3 Å². The molecule has 0 saturated carbocycles. The number of hydrogen-bond donors (Lipinski definition) is 1. The molecule has 0 aliphatic rings. The van der Waals surface area contributed by atoms with E-state index in [0.717, 1.165) is 12.2 Å². The molecule has 1 atom stereocenters. The Hall–Kier alpha value is -1.54. The summed E-state index contributed by atoms with van der Waals surface area (Å²) in [5.41, 5.74) is 7.12. The Morgan fingerprint density at radius 3 is 2.44 bits per heavy atom. The van der Waals surface area contributed by atoms with Gasteiger partial charge >= 0.3 is 0 Å². The number of nitrogens with two attached hydrogens (primary N) is 1. The van der Waals surface area contributed by atoms with E-state index >= 15 is 0 Å². The van der Waals surface area contributed by atoms with Crippen LogP contribution in [0.3, 0.4) is 0 Å². The minimum Gasteiger partial charge on any atom is -0.469 e. The average molecular weight is 215 g/mol. The first-order chi connectivity index (χ1) is 7.74. The first-order valence-corrected chi connectivity index (χ1v) is 5.52. The van der Waals surface area contributed by atoms with Crippen LogP contribution in [0.2, 0.25) is 0 Å². The van der Waals surface area contributed by atoms with Crippen LogP contribution in [0.4, 0.5) is 0 Å². The van der Waals surface area contributed by atoms with Crippen LogP contribution in [0.1, 0.15) is 18.2 Å². The number of furan rings is 1. The van der Waals surface area contributed by atoms with Gasteiger partial charge in [0.25, 0.3) is 0 Å². The van der Waals surface area contributed by atoms with Crippen molar-refractivity contribution in [2.24, 2.45) is 5.73 Å². The molecule has 1 unspecified atom stereocenters. The maximum Gasteiger partial charge on any atom is 0.104 e. The van der Waals surface area contributed by atoms with E-state index < -0.39 is 0 Å². The highest BCUT2D eigenvalue weighted by Crippen LogP contribution is 2.27. The maximum absolute atomic E-state index is 5.91. The fraction of sp³-hybridized carbons (Fsp3) is 0.286. The zero-order chi connectivity index (χ0) is 11.4. The van der Waals surface area contributed by atoms with E-state index in [9.17, 15) is 0 Å². The third-order valence-electron chi connectivity index (χ3n) is 3.07. The molecule has 1 aromatic carbocycles. The summed E-state index contributed by atoms with van der Waals surface area (Å²) in [6, 6.07) is 14.3. The van der Waals surface area contributed by atoms with Gasteiger partial charge < -0.3 is 10.2 Å². The van der Waals surface area contributed by atoms with Crippen LogP contribution >= 0.6 is 0 Å². The van der Waals surface area contributed by atoms with E-state index in [-0.39, 0.29) is 5.41 Å². The molecule has 0 spiro atoms. The Bertz CT molecular complexity index is 421. The topological polar surface area (TPSA) is 39.2 Å². The Morgan fingerprint density at radius 2 is 1.88 bits per heavy atom. The maximum atomic E-state index is 5.91. The average Bonchev–Trinajstić information content (AvgIpc) is 2.83. The molecule has 0 amide bonds. The monoisotopic (exact) mass is 215 g/mol. The normalized spacial score (nSPS) is 14.6. The Morgan fingerprint density at radius 1 is 1.12 bits per heavy atom. The predicted octanol–water partition coefficient (Wildman–Crippen LogP) is 2.74. The molecule has 2 aromatic rings. The Labute approximate surface area is 96.1 Å². The number of hydrogen-bond acceptors (Lipinski definition) is 2. The highest BCUT2D eigenvalue weighted by atomic mass is 16.3. The Balaban J connectivity index is 2.26. The lowest BCUT2D eigenvalue weighted by Gasteiger charge is -2.27. The molecule has 16 heavy (non-hydrogen) atoms. The minimum absolute atomic E-state index is 0.0564. The lowest BCUT2D eigenvalue weighted by Crippen LogP contribution is -2.34. The first kappa shape index (κ1) is 11.0. The fourth-order valence-electron chi connectivity index (χ4n) is 1.93. The second-order valence-electron chi connectivity index (χ2n) is 4.39. The minimum atomic E-state index is -0.0564. The summed E-state index contributed by atoms with van der Waals surface area (Å²) in [7, 11) is 0. The zero-order valence-corrected chi connectivity index (χ0v) is 9.52. The van der Waals surface area contributed by atoms with Crippen LogP contribution in [0, 0.1) is 0 Å². The van der Waals surface area contributed by atoms with Crippen LogP contribution in [-0.4, -0.2) is 6.54 Å². The standard InChI is InChI=1S/C14H17NO/c1-14(11-15,10-13-8-5-9-16-13)12-6-3-2-4-7-12/h2-9H,10-11,15H2,1H3. The molecule has 1 aromatic heterocycles. The van der Waals surface area contributed by atoms with E-state index in [0.29, 0.717) is 6.54 Å². The lowest BCUT2D eigenvalue weighted by atomic mass is 9.79. The van der Waals surface area contributed by atoms with Gasteiger partial charge in [0, 0.05) is 18.4 Å². The van der Waals surface area contributed by atoms with Crippen LogP contribution < -0.4 is 5.73 Å². The van der Waals surface area contributed by atoms with Crippen molar-refractivity contribution in [2.75, 3.05) is 6.54 Å². The molecule has 1 heterocycles. The van der Waals surface area contributed by atoms with Crippen molar-refractivity contribution >= 4 is 0 Å². The lowest BCUT2D eigenvalue weighted by molar-refractivity contribution is 0.412. The largest absolute Gasteiger partial charge is 0.469 e. The van der Waals surface area contributed by atoms with Crippen molar-refractivity contribution in [3.8, 4) is 0 Å². The molecule has 2 rings (SSSR count). The predicted molar refractivity (Wildman–Crippen MR) is 65.3 cm³/mol. The van der Waals surface area contributed by atoms with Gasteiger partial charge in [-0.05, 0) is 17.7 Å². The van der Waals surface area contributed by atoms with Gasteiger partial charge in [-0.15, -0.1) is 0 Å². The zero-order valence-electron chi connectivity index (χ0n) is 9.52. The van der Waals surface area contributed by atoms with Crippen LogP contribution in [0.15, 0.2) is 53.1 Å². The summed E-state index contributed by atoms with van der Waals surface area (Å²) in [5, 5.41) is 0. The highest BCUT2D eigenvalue weighted by molar-refractivity contribution is 5.26. The summed E-state index contributed by atoms with van der Waals surface area (Å²) in [6.07, 6.45) is 2.54. The van der Waals surface area contributed by atoms with Gasteiger partial charge in [-0.2, -0.15) is 0 Å². The molecule has 84 valence electrons. The van der Waals surface area contributed by atoms with Crippen LogP contribution in [0.5, 0.6) is 0 Å². The summed E-state index contributed by atoms with van der Waals surface area (Å²) in [4.78, 5) is 0. The molecule has 2 heteroatoms. The molecule has 0 bridgehead atoms. The molecular formula is C14H17NO. The summed E-state index contributed by atoms with van der Waals surface area (Å²) >= 11 is 0. The third-order valence-corrected chi connectivity index (χ3v) is 3.07. The van der Waals surface area contributed by atoms with Crippen LogP contribution in [0.25, 0.3) is 0 Å². The first-order valence-electron chi connectivity index (χ1n) is 5.52. The third kappa shape index (κ3) is 2.17. The molecule has 0 radical (unpaired) electrons. The summed E-state index contributed by atoms with van der Waals surface area (Å²) < 4.78 is 5.40. The van der Waals surface area contributed by atoms with Crippen molar-refractivity contribution in [1.82, 2.24) is 0 Å². The van der Waals surface area contributed by atoms with E-state index in [4.69, 9.17) is 10.2 Å². The molecular weight excluding hydrogens is 198 g/mol. The quantitative estimate of drug-likeness (QED) is 0.851. The smallest absolute Gasteiger partial charge is 0.104 e. The molecule has 0 saturated heterocycles. The van der Waals surface area contributed by atoms with Gasteiger partial charge in [-0.25, -0.2) is 0 Å². The fourth-order valence-corrected chi connectivity index (χ4v) is 1.93. The Kier molecular flexibility index (Phi) is 3.11. The van der Waals surface area contributed by atoms with Crippen molar-refractivity contribution < 1.29 is 4.42 Å². The van der Waals surface area contributed by atoms with Crippen molar-refractivity contribution in [3.05, 3.63) is 60.1 Å². The summed E-state index contributed by atoms with van der Waals surface area (Å²) in [6.45, 7) is 2.78. The van der Waals surface area contributed by atoms with Crippen molar-refractivity contribution in [1.29, 1.82) is 0 Å². The van der Waals surface area contributed by atoms with E-state index in [2.05, 4.69) is 19.1 Å². The second-order valence-corrected chi connectivity index (χ2v) is 4.39. The number of rotatable bonds is 4. The number of benzene rings is 1. The van der Waals surface area contributed by atoms with Gasteiger partial charge in [0.2, 0.25) is 0 Å². The van der Waals surface area contributed by atoms with Gasteiger partial charge in [0.1, 0.15) is 5.76 Å². The molecule has 2 nitrogen and oxygen atoms in total. The van der Waals surface area contributed by atoms with Crippen LogP contribution in [-0.2, 0) is 11.8 Å². The molecule has 0 aliphatic heterocycles. The van der Waals surface area contributed by atoms with Crippen molar-refractivity contribution in [3.63, 3.8) is 0 Å².